The van der Waals surface area contributed by atoms with Crippen molar-refractivity contribution in [3.63, 3.8) is 0 Å². The van der Waals surface area contributed by atoms with Crippen LogP contribution in [0.25, 0.3) is 44.9 Å². The fraction of sp³-hybridized carbons (Fsp3) is 0.317. The van der Waals surface area contributed by atoms with Gasteiger partial charge >= 0.3 is 0 Å². The number of hydrogen-bond donors (Lipinski definition) is 1. The van der Waals surface area contributed by atoms with E-state index in [4.69, 9.17) is 9.10 Å². The van der Waals surface area contributed by atoms with Crippen LogP contribution in [0, 0.1) is 12.9 Å². The minimum absolute atomic E-state index is 0. The van der Waals surface area contributed by atoms with Crippen LogP contribution in [0.15, 0.2) is 85.1 Å². The fourth-order valence-electron chi connectivity index (χ4n) is 5.30. The summed E-state index contributed by atoms with van der Waals surface area (Å²) >= 11 is 0. The van der Waals surface area contributed by atoms with Gasteiger partial charge in [-0.15, -0.1) is 23.8 Å². The van der Waals surface area contributed by atoms with Crippen molar-refractivity contribution < 1.29 is 30.3 Å². The van der Waals surface area contributed by atoms with E-state index in [1.165, 1.54) is 0 Å². The van der Waals surface area contributed by atoms with Crippen LogP contribution in [0.4, 0.5) is 0 Å². The molecule has 0 unspecified atom stereocenters. The number of phenolic OH excluding ortho intramolecular Hbond substituents is 1. The van der Waals surface area contributed by atoms with Crippen molar-refractivity contribution in [2.75, 3.05) is 0 Å². The molecule has 5 rings (SSSR count). The average Bonchev–Trinajstić information content (AvgIpc) is 2.99. The summed E-state index contributed by atoms with van der Waals surface area (Å²) in [5.74, 6) is 0.222. The van der Waals surface area contributed by atoms with Gasteiger partial charge in [0, 0.05) is 53.9 Å². The third-order valence-electron chi connectivity index (χ3n) is 8.10. The number of hydrogen-bond acceptors (Lipinski definition) is 3. The molecule has 0 aliphatic heterocycles. The summed E-state index contributed by atoms with van der Waals surface area (Å²) in [6, 6.07) is 28.9. The first-order chi connectivity index (χ1) is 21.7. The third kappa shape index (κ3) is 7.47. The van der Waals surface area contributed by atoms with Crippen LogP contribution in [0.2, 0.25) is 0 Å². The first kappa shape index (κ1) is 30.1. The van der Waals surface area contributed by atoms with E-state index in [1.807, 2.05) is 48.5 Å². The zero-order chi connectivity index (χ0) is 34.5. The number of pyridine rings is 2. The molecule has 0 bridgehead atoms. The molecule has 0 amide bonds. The second-order valence-electron chi connectivity index (χ2n) is 14.8. The largest absolute Gasteiger partial charge is 0.507 e. The van der Waals surface area contributed by atoms with Gasteiger partial charge in [-0.1, -0.05) is 129 Å². The Kier molecular flexibility index (Phi) is 8.49. The van der Waals surface area contributed by atoms with Gasteiger partial charge < -0.3 is 5.11 Å². The Hall–Kier alpha value is -3.55. The zero-order valence-electron chi connectivity index (χ0n) is 30.7. The minimum Gasteiger partial charge on any atom is -0.507 e. The van der Waals surface area contributed by atoms with E-state index in [0.717, 1.165) is 27.8 Å². The zero-order valence-corrected chi connectivity index (χ0v) is 30.0. The third-order valence-corrected chi connectivity index (χ3v) is 8.10. The van der Waals surface area contributed by atoms with Crippen LogP contribution in [0.1, 0.15) is 88.7 Å². The van der Waals surface area contributed by atoms with E-state index in [0.29, 0.717) is 33.8 Å². The van der Waals surface area contributed by atoms with Crippen LogP contribution in [-0.2, 0) is 37.3 Å². The molecule has 3 aromatic carbocycles. The molecule has 2 heterocycles. The van der Waals surface area contributed by atoms with Crippen molar-refractivity contribution in [3.8, 4) is 50.6 Å². The summed E-state index contributed by atoms with van der Waals surface area (Å²) in [7, 11) is 0. The molecule has 0 fully saturated rings. The van der Waals surface area contributed by atoms with Crippen LogP contribution in [0.5, 0.6) is 5.75 Å². The van der Waals surface area contributed by atoms with Gasteiger partial charge in [0.2, 0.25) is 0 Å². The monoisotopic (exact) mass is 779 g/mol. The molecule has 45 heavy (non-hydrogen) atoms. The molecular formula is C41H45N2OPt-. The fourth-order valence-corrected chi connectivity index (χ4v) is 5.30. The quantitative estimate of drug-likeness (QED) is 0.185. The number of nitrogens with zero attached hydrogens (tertiary/aromatic N) is 2. The number of aromatic hydroxyl groups is 1. The molecule has 1 N–H and O–H groups in total. The summed E-state index contributed by atoms with van der Waals surface area (Å²) in [6.45, 7) is 16.9. The average molecular weight is 780 g/mol. The first-order valence-electron chi connectivity index (χ1n) is 16.7. The maximum absolute atomic E-state index is 11.7. The molecule has 4 heteroatoms. The van der Waals surface area contributed by atoms with Gasteiger partial charge in [0.05, 0.1) is 5.69 Å². The number of phenols is 1. The van der Waals surface area contributed by atoms with Gasteiger partial charge in [-0.3, -0.25) is 9.97 Å². The van der Waals surface area contributed by atoms with Crippen molar-refractivity contribution in [2.24, 2.45) is 0 Å². The van der Waals surface area contributed by atoms with Crippen LogP contribution >= 0.6 is 0 Å². The Bertz CT molecular complexity index is 1930. The summed E-state index contributed by atoms with van der Waals surface area (Å²) in [5.41, 5.74) is 8.02. The Morgan fingerprint density at radius 2 is 1.31 bits per heavy atom. The van der Waals surface area contributed by atoms with Crippen LogP contribution in [-0.4, -0.2) is 15.1 Å². The summed E-state index contributed by atoms with van der Waals surface area (Å²) in [6.07, 6.45) is 1.70. The molecule has 0 aliphatic carbocycles. The van der Waals surface area contributed by atoms with Crippen molar-refractivity contribution in [2.45, 2.75) is 85.4 Å². The van der Waals surface area contributed by atoms with E-state index in [-0.39, 0.29) is 48.6 Å². The van der Waals surface area contributed by atoms with Gasteiger partial charge in [0.1, 0.15) is 5.75 Å². The molecule has 2 aromatic heterocycles. The molecule has 0 aliphatic rings. The molecule has 0 atom stereocenters. The van der Waals surface area contributed by atoms with Gasteiger partial charge in [-0.25, -0.2) is 0 Å². The summed E-state index contributed by atoms with van der Waals surface area (Å²) in [5, 5.41) is 11.7. The number of aromatic nitrogens is 2. The molecule has 0 saturated heterocycles. The Balaban J connectivity index is 0.00000520. The Morgan fingerprint density at radius 3 is 1.93 bits per heavy atom. The van der Waals surface area contributed by atoms with Crippen LogP contribution < -0.4 is 0 Å². The smallest absolute Gasteiger partial charge is 0.128 e. The molecule has 3 nitrogen and oxygen atoms in total. The van der Waals surface area contributed by atoms with Crippen molar-refractivity contribution in [1.29, 1.82) is 0 Å². The summed E-state index contributed by atoms with van der Waals surface area (Å²) < 4.78 is 25.0. The molecule has 236 valence electrons. The number of rotatable bonds is 4. The van der Waals surface area contributed by atoms with E-state index in [1.54, 1.807) is 18.3 Å². The molecule has 0 radical (unpaired) electrons. The minimum atomic E-state index is -2.37. The maximum atomic E-state index is 11.7. The second kappa shape index (κ2) is 12.7. The molecule has 5 aromatic rings. The number of benzene rings is 3. The predicted molar refractivity (Wildman–Crippen MR) is 185 cm³/mol. The molecule has 0 saturated carbocycles. The number of aryl methyl sites for hydroxylation is 1. The van der Waals surface area contributed by atoms with Gasteiger partial charge in [-0.05, 0) is 56.7 Å². The van der Waals surface area contributed by atoms with Crippen molar-refractivity contribution in [3.05, 3.63) is 113 Å². The first-order valence-corrected chi connectivity index (χ1v) is 15.2. The maximum Gasteiger partial charge on any atom is 0.128 e. The topological polar surface area (TPSA) is 46.0 Å². The second-order valence-corrected chi connectivity index (χ2v) is 14.8. The van der Waals surface area contributed by atoms with Crippen molar-refractivity contribution >= 4 is 0 Å². The van der Waals surface area contributed by atoms with Gasteiger partial charge in [0.15, 0.2) is 0 Å². The summed E-state index contributed by atoms with van der Waals surface area (Å²) in [4.78, 5) is 9.74. The Labute approximate surface area is 288 Å². The van der Waals surface area contributed by atoms with E-state index >= 15 is 0 Å². The van der Waals surface area contributed by atoms with Crippen LogP contribution in [0.3, 0.4) is 0 Å². The predicted octanol–water partition coefficient (Wildman–Crippen LogP) is 10.8. The van der Waals surface area contributed by atoms with E-state index < -0.39 is 6.85 Å². The van der Waals surface area contributed by atoms with Gasteiger partial charge in [-0.2, -0.15) is 0 Å². The van der Waals surface area contributed by atoms with Gasteiger partial charge in [0.25, 0.3) is 0 Å². The van der Waals surface area contributed by atoms with E-state index in [2.05, 4.69) is 91.6 Å². The Morgan fingerprint density at radius 1 is 0.667 bits per heavy atom. The van der Waals surface area contributed by atoms with Crippen molar-refractivity contribution in [1.82, 2.24) is 9.97 Å². The van der Waals surface area contributed by atoms with E-state index in [9.17, 15) is 5.11 Å². The molecule has 0 spiro atoms. The SMILES string of the molecule is [2H]C([2H])([2H])c1ccc(-c2cc(C(C)(C)C)cc(-c3cc(C(C)(C)C)cc(C(C)(C)C)c3O)n2)[c-]c1-c1cc(-c2ccccc2)ccn1.[Pt]. The standard InChI is InChI=1S/C41H45N2O.Pt/c1-26-16-17-29(20-32(26)36-21-28(18-19-42-36)27-14-12-11-13-15-27)35-24-31(40(5,6)7)25-37(43-35)33-22-30(39(2,3)4)23-34(38(33)44)41(8,9)10;/h11-19,21-25,44H,1-10H3;/q-1;/i1D3;. The molecular weight excluding hydrogens is 732 g/mol. The normalized spacial score (nSPS) is 13.4.